The van der Waals surface area contributed by atoms with E-state index < -0.39 is 10.1 Å². The quantitative estimate of drug-likeness (QED) is 0.469. The lowest BCUT2D eigenvalue weighted by molar-refractivity contribution is 0.493. The lowest BCUT2D eigenvalue weighted by Gasteiger charge is -2.10. The number of hydrogen-bond acceptors (Lipinski definition) is 4. The molecule has 0 aliphatic rings. The Kier molecular flexibility index (Phi) is 3.54. The SMILES string of the molecule is CC(C(=N)N)c1ccc(OS(C)(=O)=O)cc1. The van der Waals surface area contributed by atoms with Gasteiger partial charge in [-0.25, -0.2) is 0 Å². The Labute approximate surface area is 94.9 Å². The van der Waals surface area contributed by atoms with Gasteiger partial charge in [0.25, 0.3) is 0 Å². The Bertz CT molecular complexity index is 479. The third-order valence-corrected chi connectivity index (χ3v) is 2.59. The average molecular weight is 242 g/mol. The van der Waals surface area contributed by atoms with Crippen LogP contribution >= 0.6 is 0 Å². The second kappa shape index (κ2) is 4.52. The summed E-state index contributed by atoms with van der Waals surface area (Å²) in [5.41, 5.74) is 6.21. The molecule has 5 nitrogen and oxygen atoms in total. The number of nitrogens with one attached hydrogen (secondary N) is 1. The molecular formula is C10H14N2O3S. The van der Waals surface area contributed by atoms with Crippen molar-refractivity contribution in [3.05, 3.63) is 29.8 Å². The smallest absolute Gasteiger partial charge is 0.306 e. The van der Waals surface area contributed by atoms with E-state index in [4.69, 9.17) is 11.1 Å². The maximum absolute atomic E-state index is 10.9. The van der Waals surface area contributed by atoms with Gasteiger partial charge in [0.15, 0.2) is 0 Å². The van der Waals surface area contributed by atoms with Crippen LogP contribution in [0, 0.1) is 5.41 Å². The number of nitrogens with two attached hydrogens (primary N) is 1. The van der Waals surface area contributed by atoms with Crippen molar-refractivity contribution in [2.24, 2.45) is 5.73 Å². The molecule has 0 spiro atoms. The van der Waals surface area contributed by atoms with E-state index in [1.165, 1.54) is 12.1 Å². The fourth-order valence-corrected chi connectivity index (χ4v) is 1.63. The molecule has 0 heterocycles. The van der Waals surface area contributed by atoms with Crippen molar-refractivity contribution in [3.63, 3.8) is 0 Å². The molecule has 0 bridgehead atoms. The van der Waals surface area contributed by atoms with E-state index in [0.29, 0.717) is 0 Å². The van der Waals surface area contributed by atoms with Crippen LogP contribution in [0.15, 0.2) is 24.3 Å². The van der Waals surface area contributed by atoms with Gasteiger partial charge in [-0.15, -0.1) is 0 Å². The lowest BCUT2D eigenvalue weighted by atomic mass is 10.0. The molecule has 0 aromatic heterocycles. The first kappa shape index (κ1) is 12.5. The Morgan fingerprint density at radius 3 is 2.25 bits per heavy atom. The van der Waals surface area contributed by atoms with Crippen LogP contribution in [0.4, 0.5) is 0 Å². The zero-order valence-electron chi connectivity index (χ0n) is 9.10. The van der Waals surface area contributed by atoms with E-state index in [1.807, 2.05) is 0 Å². The fraction of sp³-hybridized carbons (Fsp3) is 0.300. The number of amidine groups is 1. The molecule has 0 aliphatic carbocycles. The Morgan fingerprint density at radius 1 is 1.38 bits per heavy atom. The maximum Gasteiger partial charge on any atom is 0.306 e. The van der Waals surface area contributed by atoms with Crippen LogP contribution in [0.25, 0.3) is 0 Å². The zero-order valence-corrected chi connectivity index (χ0v) is 9.91. The second-order valence-corrected chi connectivity index (χ2v) is 5.11. The summed E-state index contributed by atoms with van der Waals surface area (Å²) in [5.74, 6) is 0.131. The molecule has 1 unspecified atom stereocenters. The van der Waals surface area contributed by atoms with Crippen LogP contribution in [-0.4, -0.2) is 20.5 Å². The molecule has 0 saturated heterocycles. The highest BCUT2D eigenvalue weighted by molar-refractivity contribution is 7.86. The Balaban J connectivity index is 2.87. The average Bonchev–Trinajstić information content (AvgIpc) is 2.15. The van der Waals surface area contributed by atoms with Crippen LogP contribution in [0.1, 0.15) is 18.4 Å². The zero-order chi connectivity index (χ0) is 12.3. The third kappa shape index (κ3) is 3.54. The molecule has 88 valence electrons. The highest BCUT2D eigenvalue weighted by atomic mass is 32.2. The molecule has 0 saturated carbocycles. The summed E-state index contributed by atoms with van der Waals surface area (Å²) >= 11 is 0. The van der Waals surface area contributed by atoms with Gasteiger partial charge in [-0.1, -0.05) is 19.1 Å². The van der Waals surface area contributed by atoms with Crippen molar-refractivity contribution < 1.29 is 12.6 Å². The van der Waals surface area contributed by atoms with Crippen LogP contribution in [0.3, 0.4) is 0 Å². The summed E-state index contributed by atoms with van der Waals surface area (Å²) < 4.78 is 26.4. The molecule has 6 heteroatoms. The minimum Gasteiger partial charge on any atom is -0.387 e. The predicted octanol–water partition coefficient (Wildman–Crippen LogP) is 1.06. The fourth-order valence-electron chi connectivity index (χ4n) is 1.17. The summed E-state index contributed by atoms with van der Waals surface area (Å²) in [6.45, 7) is 1.80. The summed E-state index contributed by atoms with van der Waals surface area (Å²) in [6, 6.07) is 6.45. The summed E-state index contributed by atoms with van der Waals surface area (Å²) in [5, 5.41) is 7.29. The maximum atomic E-state index is 10.9. The standard InChI is InChI=1S/C10H14N2O3S/c1-7(10(11)12)8-3-5-9(6-4-8)15-16(2,13)14/h3-7H,1-2H3,(H3,11,12). The predicted molar refractivity (Wildman–Crippen MR) is 62.2 cm³/mol. The second-order valence-electron chi connectivity index (χ2n) is 3.53. The molecule has 16 heavy (non-hydrogen) atoms. The summed E-state index contributed by atoms with van der Waals surface area (Å²) in [7, 11) is -3.49. The van der Waals surface area contributed by atoms with Gasteiger partial charge in [-0.05, 0) is 17.7 Å². The van der Waals surface area contributed by atoms with Crippen LogP contribution in [-0.2, 0) is 10.1 Å². The highest BCUT2D eigenvalue weighted by Crippen LogP contribution is 2.19. The van der Waals surface area contributed by atoms with E-state index in [-0.39, 0.29) is 17.5 Å². The molecule has 0 aliphatic heterocycles. The molecule has 1 aromatic rings. The van der Waals surface area contributed by atoms with Crippen LogP contribution < -0.4 is 9.92 Å². The normalized spacial score (nSPS) is 13.1. The van der Waals surface area contributed by atoms with E-state index >= 15 is 0 Å². The molecule has 0 fully saturated rings. The topological polar surface area (TPSA) is 93.2 Å². The molecule has 0 amide bonds. The Morgan fingerprint density at radius 2 is 1.88 bits per heavy atom. The van der Waals surface area contributed by atoms with Gasteiger partial charge in [0.1, 0.15) is 5.75 Å². The minimum atomic E-state index is -3.49. The first-order chi connectivity index (χ1) is 7.29. The van der Waals surface area contributed by atoms with Crippen molar-refractivity contribution in [2.75, 3.05) is 6.26 Å². The molecule has 3 N–H and O–H groups in total. The molecule has 1 aromatic carbocycles. The highest BCUT2D eigenvalue weighted by Gasteiger charge is 2.09. The van der Waals surface area contributed by atoms with E-state index in [9.17, 15) is 8.42 Å². The van der Waals surface area contributed by atoms with Gasteiger partial charge in [-0.3, -0.25) is 5.41 Å². The number of hydrogen-bond donors (Lipinski definition) is 2. The molecule has 0 radical (unpaired) electrons. The largest absolute Gasteiger partial charge is 0.387 e. The van der Waals surface area contributed by atoms with Crippen LogP contribution in [0.5, 0.6) is 5.75 Å². The Hall–Kier alpha value is -1.56. The van der Waals surface area contributed by atoms with Crippen molar-refractivity contribution in [3.8, 4) is 5.75 Å². The van der Waals surface area contributed by atoms with Crippen molar-refractivity contribution in [2.45, 2.75) is 12.8 Å². The van der Waals surface area contributed by atoms with Crippen molar-refractivity contribution in [1.29, 1.82) is 5.41 Å². The first-order valence-electron chi connectivity index (χ1n) is 4.63. The van der Waals surface area contributed by atoms with Crippen molar-refractivity contribution >= 4 is 16.0 Å². The van der Waals surface area contributed by atoms with Gasteiger partial charge in [0, 0.05) is 5.92 Å². The van der Waals surface area contributed by atoms with Gasteiger partial charge in [-0.2, -0.15) is 8.42 Å². The molecule has 1 atom stereocenters. The monoisotopic (exact) mass is 242 g/mol. The third-order valence-electron chi connectivity index (χ3n) is 2.09. The van der Waals surface area contributed by atoms with Gasteiger partial charge in [0.05, 0.1) is 12.1 Å². The van der Waals surface area contributed by atoms with E-state index in [0.717, 1.165) is 11.8 Å². The first-order valence-corrected chi connectivity index (χ1v) is 6.44. The summed E-state index contributed by atoms with van der Waals surface area (Å²) in [4.78, 5) is 0. The lowest BCUT2D eigenvalue weighted by Crippen LogP contribution is -2.17. The minimum absolute atomic E-state index is 0.0665. The van der Waals surface area contributed by atoms with Gasteiger partial charge < -0.3 is 9.92 Å². The summed E-state index contributed by atoms with van der Waals surface area (Å²) in [6.07, 6.45) is 0.985. The molecule has 1 rings (SSSR count). The van der Waals surface area contributed by atoms with E-state index in [2.05, 4.69) is 4.18 Å². The number of rotatable bonds is 4. The van der Waals surface area contributed by atoms with Gasteiger partial charge >= 0.3 is 10.1 Å². The van der Waals surface area contributed by atoms with Gasteiger partial charge in [0.2, 0.25) is 0 Å². The van der Waals surface area contributed by atoms with Crippen LogP contribution in [0.2, 0.25) is 0 Å². The number of benzene rings is 1. The van der Waals surface area contributed by atoms with E-state index in [1.54, 1.807) is 19.1 Å². The van der Waals surface area contributed by atoms with Crippen molar-refractivity contribution in [1.82, 2.24) is 0 Å². The molecular weight excluding hydrogens is 228 g/mol.